The van der Waals surface area contributed by atoms with Crippen molar-refractivity contribution in [1.82, 2.24) is 9.97 Å². The lowest BCUT2D eigenvalue weighted by atomic mass is 9.77. The van der Waals surface area contributed by atoms with Gasteiger partial charge in [-0.25, -0.2) is 9.97 Å². The first-order valence-corrected chi connectivity index (χ1v) is 16.7. The van der Waals surface area contributed by atoms with Gasteiger partial charge in [-0.1, -0.05) is 141 Å². The molecule has 0 unspecified atom stereocenters. The number of ether oxygens (including phenoxy) is 1. The van der Waals surface area contributed by atoms with E-state index in [-0.39, 0.29) is 0 Å². The Morgan fingerprint density at radius 3 is 1.87 bits per heavy atom. The first-order valence-electron chi connectivity index (χ1n) is 16.7. The third-order valence-corrected chi connectivity index (χ3v) is 8.95. The molecule has 3 nitrogen and oxygen atoms in total. The van der Waals surface area contributed by atoms with Gasteiger partial charge >= 0.3 is 0 Å². The molecule has 1 aliphatic rings. The Morgan fingerprint density at radius 2 is 1.26 bits per heavy atom. The maximum Gasteiger partial charge on any atom is 0.159 e. The van der Waals surface area contributed by atoms with Gasteiger partial charge in [-0.3, -0.25) is 0 Å². The van der Waals surface area contributed by atoms with Gasteiger partial charge in [0.15, 0.2) is 11.6 Å². The third kappa shape index (κ3) is 12.4. The van der Waals surface area contributed by atoms with E-state index in [9.17, 15) is 0 Å². The molecule has 3 rings (SSSR count). The smallest absolute Gasteiger partial charge is 0.159 e. The highest BCUT2D eigenvalue weighted by atomic mass is 16.5. The first-order chi connectivity index (χ1) is 19.2. The molecule has 1 aliphatic carbocycles. The van der Waals surface area contributed by atoms with Crippen LogP contribution in [0.15, 0.2) is 30.6 Å². The van der Waals surface area contributed by atoms with Gasteiger partial charge in [0, 0.05) is 5.56 Å². The van der Waals surface area contributed by atoms with Gasteiger partial charge in [-0.15, -0.1) is 0 Å². The maximum absolute atomic E-state index is 5.86. The van der Waals surface area contributed by atoms with Crippen LogP contribution >= 0.6 is 0 Å². The van der Waals surface area contributed by atoms with Gasteiger partial charge in [-0.2, -0.15) is 0 Å². The molecule has 0 radical (unpaired) electrons. The fourth-order valence-electron chi connectivity index (χ4n) is 6.30. The first kappa shape index (κ1) is 31.6. The van der Waals surface area contributed by atoms with Crippen molar-refractivity contribution in [3.63, 3.8) is 0 Å². The average molecular weight is 535 g/mol. The lowest BCUT2D eigenvalue weighted by Crippen LogP contribution is -2.15. The van der Waals surface area contributed by atoms with Crippen LogP contribution in [0.5, 0.6) is 5.75 Å². The normalized spacial score (nSPS) is 17.4. The molecule has 0 spiro atoms. The largest absolute Gasteiger partial charge is 0.490 e. The molecule has 0 atom stereocenters. The molecule has 218 valence electrons. The van der Waals surface area contributed by atoms with Crippen LogP contribution in [0.4, 0.5) is 0 Å². The standard InChI is InChI=1S/C36H58N2O/c1-4-6-8-10-12-13-15-17-31-18-20-32(21-19-31)22-23-33-24-25-35(30(3)27-33)36-37-28-34(29-38-36)39-26-16-14-11-9-7-5-2/h24-25,27-29,31-32H,4-23,26H2,1-3H3. The van der Waals surface area contributed by atoms with E-state index in [1.807, 2.05) is 12.4 Å². The van der Waals surface area contributed by atoms with E-state index in [0.717, 1.165) is 42.0 Å². The van der Waals surface area contributed by atoms with Gasteiger partial charge in [0.25, 0.3) is 0 Å². The average Bonchev–Trinajstić information content (AvgIpc) is 2.96. The molecule has 1 heterocycles. The Hall–Kier alpha value is -1.90. The molecule has 0 N–H and O–H groups in total. The molecule has 2 aromatic rings. The van der Waals surface area contributed by atoms with E-state index in [1.165, 1.54) is 133 Å². The lowest BCUT2D eigenvalue weighted by molar-refractivity contribution is 0.248. The van der Waals surface area contributed by atoms with E-state index in [1.54, 1.807) is 0 Å². The molecule has 1 saturated carbocycles. The summed E-state index contributed by atoms with van der Waals surface area (Å²) in [6.45, 7) is 7.51. The quantitative estimate of drug-likeness (QED) is 0.158. The number of hydrogen-bond acceptors (Lipinski definition) is 3. The number of hydrogen-bond donors (Lipinski definition) is 0. The van der Waals surface area contributed by atoms with E-state index in [4.69, 9.17) is 4.74 Å². The highest BCUT2D eigenvalue weighted by molar-refractivity contribution is 5.60. The number of unbranched alkanes of at least 4 members (excludes halogenated alkanes) is 11. The van der Waals surface area contributed by atoms with Crippen molar-refractivity contribution in [2.75, 3.05) is 6.61 Å². The zero-order valence-electron chi connectivity index (χ0n) is 25.7. The molecule has 3 heteroatoms. The second kappa shape index (κ2) is 19.2. The molecule has 1 fully saturated rings. The summed E-state index contributed by atoms with van der Waals surface area (Å²) in [5, 5.41) is 0. The Bertz CT molecular complexity index is 885. The Kier molecular flexibility index (Phi) is 15.6. The van der Waals surface area contributed by atoms with Crippen molar-refractivity contribution in [3.05, 3.63) is 41.7 Å². The van der Waals surface area contributed by atoms with Crippen molar-refractivity contribution < 1.29 is 4.74 Å². The molecular weight excluding hydrogens is 476 g/mol. The van der Waals surface area contributed by atoms with E-state index in [2.05, 4.69) is 48.9 Å². The van der Waals surface area contributed by atoms with Crippen LogP contribution in [0, 0.1) is 18.8 Å². The maximum atomic E-state index is 5.86. The number of nitrogens with zero attached hydrogens (tertiary/aromatic N) is 2. The summed E-state index contributed by atoms with van der Waals surface area (Å²) >= 11 is 0. The zero-order chi connectivity index (χ0) is 27.5. The van der Waals surface area contributed by atoms with Crippen LogP contribution in [0.3, 0.4) is 0 Å². The van der Waals surface area contributed by atoms with Crippen LogP contribution < -0.4 is 4.74 Å². The molecule has 0 bridgehead atoms. The van der Waals surface area contributed by atoms with Crippen LogP contribution in [-0.2, 0) is 6.42 Å². The molecule has 0 amide bonds. The number of benzene rings is 1. The SMILES string of the molecule is CCCCCCCCCC1CCC(CCc2ccc(-c3ncc(OCCCCCCCC)cn3)c(C)c2)CC1. The summed E-state index contributed by atoms with van der Waals surface area (Å²) in [7, 11) is 0. The number of rotatable bonds is 20. The molecule has 1 aromatic heterocycles. The van der Waals surface area contributed by atoms with Crippen molar-refractivity contribution in [2.45, 2.75) is 149 Å². The van der Waals surface area contributed by atoms with E-state index in [0.29, 0.717) is 0 Å². The van der Waals surface area contributed by atoms with Gasteiger partial charge in [0.05, 0.1) is 19.0 Å². The second-order valence-corrected chi connectivity index (χ2v) is 12.3. The third-order valence-electron chi connectivity index (χ3n) is 8.95. The van der Waals surface area contributed by atoms with Gasteiger partial charge in [0.2, 0.25) is 0 Å². The van der Waals surface area contributed by atoms with Crippen molar-refractivity contribution in [2.24, 2.45) is 11.8 Å². The molecule has 39 heavy (non-hydrogen) atoms. The lowest BCUT2D eigenvalue weighted by Gasteiger charge is -2.28. The highest BCUT2D eigenvalue weighted by Gasteiger charge is 2.20. The Balaban J connectivity index is 1.32. The predicted molar refractivity (Wildman–Crippen MR) is 167 cm³/mol. The zero-order valence-corrected chi connectivity index (χ0v) is 25.7. The highest BCUT2D eigenvalue weighted by Crippen LogP contribution is 2.34. The minimum atomic E-state index is 0.753. The summed E-state index contributed by atoms with van der Waals surface area (Å²) in [5.41, 5.74) is 3.86. The van der Waals surface area contributed by atoms with Gasteiger partial charge in [-0.05, 0) is 49.1 Å². The molecule has 0 aliphatic heterocycles. The number of aryl methyl sites for hydroxylation is 2. The minimum absolute atomic E-state index is 0.753. The predicted octanol–water partition coefficient (Wildman–Crippen LogP) is 11.1. The van der Waals surface area contributed by atoms with Crippen molar-refractivity contribution in [3.8, 4) is 17.1 Å². The summed E-state index contributed by atoms with van der Waals surface area (Å²) in [5.74, 6) is 3.50. The Labute approximate surface area is 241 Å². The molecule has 0 saturated heterocycles. The summed E-state index contributed by atoms with van der Waals surface area (Å²) in [4.78, 5) is 9.22. The topological polar surface area (TPSA) is 35.0 Å². The van der Waals surface area contributed by atoms with Crippen LogP contribution in [0.1, 0.15) is 147 Å². The monoisotopic (exact) mass is 534 g/mol. The number of aromatic nitrogens is 2. The minimum Gasteiger partial charge on any atom is -0.490 e. The van der Waals surface area contributed by atoms with Crippen LogP contribution in [-0.4, -0.2) is 16.6 Å². The van der Waals surface area contributed by atoms with Crippen LogP contribution in [0.2, 0.25) is 0 Å². The Morgan fingerprint density at radius 1 is 0.692 bits per heavy atom. The summed E-state index contributed by atoms with van der Waals surface area (Å²) in [6.07, 6.45) is 31.2. The second-order valence-electron chi connectivity index (χ2n) is 12.3. The van der Waals surface area contributed by atoms with Gasteiger partial charge in [0.1, 0.15) is 0 Å². The fraction of sp³-hybridized carbons (Fsp3) is 0.722. The summed E-state index contributed by atoms with van der Waals surface area (Å²) in [6, 6.07) is 6.87. The fourth-order valence-corrected chi connectivity index (χ4v) is 6.30. The van der Waals surface area contributed by atoms with E-state index < -0.39 is 0 Å². The van der Waals surface area contributed by atoms with Crippen LogP contribution in [0.25, 0.3) is 11.4 Å². The van der Waals surface area contributed by atoms with Crippen molar-refractivity contribution in [1.29, 1.82) is 0 Å². The van der Waals surface area contributed by atoms with E-state index >= 15 is 0 Å². The molecule has 1 aromatic carbocycles. The van der Waals surface area contributed by atoms with Crippen molar-refractivity contribution >= 4 is 0 Å². The van der Waals surface area contributed by atoms with Gasteiger partial charge < -0.3 is 4.74 Å². The molecular formula is C36H58N2O. The summed E-state index contributed by atoms with van der Waals surface area (Å²) < 4.78 is 5.86.